The second-order valence-corrected chi connectivity index (χ2v) is 7.45. The van der Waals surface area contributed by atoms with E-state index in [2.05, 4.69) is 57.3 Å². The molecule has 0 spiro atoms. The van der Waals surface area contributed by atoms with Gasteiger partial charge >= 0.3 is 0 Å². The number of benzene rings is 2. The molecule has 0 heterocycles. The van der Waals surface area contributed by atoms with Crippen LogP contribution in [0.3, 0.4) is 0 Å². The number of carbonyl (C=O) groups excluding carboxylic acids is 1. The lowest BCUT2D eigenvalue weighted by Gasteiger charge is -2.20. The molecule has 2 aromatic rings. The lowest BCUT2D eigenvalue weighted by atomic mass is 9.86. The van der Waals surface area contributed by atoms with Gasteiger partial charge in [0.15, 0.2) is 6.61 Å². The van der Waals surface area contributed by atoms with Gasteiger partial charge in [-0.2, -0.15) is 0 Å². The predicted molar refractivity (Wildman–Crippen MR) is 103 cm³/mol. The van der Waals surface area contributed by atoms with Gasteiger partial charge in [-0.25, -0.2) is 0 Å². The van der Waals surface area contributed by atoms with Crippen molar-refractivity contribution in [2.45, 2.75) is 52.5 Å². The van der Waals surface area contributed by atoms with Gasteiger partial charge in [0, 0.05) is 0 Å². The molecule has 0 bridgehead atoms. The maximum Gasteiger partial charge on any atom is 0.258 e. The number of carbonyl (C=O) groups is 1. The molecule has 0 aliphatic carbocycles. The van der Waals surface area contributed by atoms with Crippen molar-refractivity contribution in [1.29, 1.82) is 0 Å². The van der Waals surface area contributed by atoms with Crippen molar-refractivity contribution in [3.05, 3.63) is 65.2 Å². The highest BCUT2D eigenvalue weighted by molar-refractivity contribution is 5.78. The summed E-state index contributed by atoms with van der Waals surface area (Å²) in [6.07, 6.45) is 0.992. The lowest BCUT2D eigenvalue weighted by molar-refractivity contribution is -0.123. The molecule has 25 heavy (non-hydrogen) atoms. The second kappa shape index (κ2) is 8.19. The first-order chi connectivity index (χ1) is 11.8. The minimum atomic E-state index is -0.119. The van der Waals surface area contributed by atoms with Crippen LogP contribution in [0.4, 0.5) is 0 Å². The number of nitrogens with one attached hydrogen (secondary N) is 1. The first-order valence-electron chi connectivity index (χ1n) is 8.91. The van der Waals surface area contributed by atoms with E-state index >= 15 is 0 Å². The average molecular weight is 339 g/mol. The van der Waals surface area contributed by atoms with E-state index in [-0.39, 0.29) is 24.0 Å². The quantitative estimate of drug-likeness (QED) is 0.821. The van der Waals surface area contributed by atoms with Crippen LogP contribution in [0, 0.1) is 0 Å². The number of amides is 1. The Kier molecular flexibility index (Phi) is 6.24. The summed E-state index contributed by atoms with van der Waals surface area (Å²) in [7, 11) is 0. The zero-order valence-electron chi connectivity index (χ0n) is 15.9. The van der Waals surface area contributed by atoms with Gasteiger partial charge in [0.25, 0.3) is 5.91 Å². The van der Waals surface area contributed by atoms with E-state index < -0.39 is 0 Å². The Balaban J connectivity index is 1.86. The zero-order chi connectivity index (χ0) is 18.4. The minimum absolute atomic E-state index is 0.0237. The van der Waals surface area contributed by atoms with Crippen LogP contribution < -0.4 is 10.1 Å². The highest BCUT2D eigenvalue weighted by Gasteiger charge is 2.15. The van der Waals surface area contributed by atoms with Crippen LogP contribution in [0.2, 0.25) is 0 Å². The molecule has 1 amide bonds. The van der Waals surface area contributed by atoms with Crippen LogP contribution in [0.15, 0.2) is 48.5 Å². The summed E-state index contributed by atoms with van der Waals surface area (Å²) >= 11 is 0. The fourth-order valence-corrected chi connectivity index (χ4v) is 2.61. The highest BCUT2D eigenvalue weighted by Crippen LogP contribution is 2.23. The number of rotatable bonds is 6. The number of hydrogen-bond acceptors (Lipinski definition) is 2. The maximum atomic E-state index is 12.1. The van der Waals surface area contributed by atoms with E-state index in [1.165, 1.54) is 11.1 Å². The zero-order valence-corrected chi connectivity index (χ0v) is 15.9. The summed E-state index contributed by atoms with van der Waals surface area (Å²) in [5.41, 5.74) is 3.76. The third-order valence-corrected chi connectivity index (χ3v) is 4.36. The van der Waals surface area contributed by atoms with Gasteiger partial charge in [0.2, 0.25) is 0 Å². The van der Waals surface area contributed by atoms with E-state index in [0.29, 0.717) is 0 Å². The first-order valence-corrected chi connectivity index (χ1v) is 8.91. The standard InChI is InChI=1S/C22H29NO2/c1-6-17-7-13-20(14-8-17)25-15-21(24)23-16(2)18-9-11-19(12-10-18)22(3,4)5/h7-14,16H,6,15H2,1-5H3,(H,23,24)/t16-/m0/s1. The van der Waals surface area contributed by atoms with Crippen molar-refractivity contribution in [2.75, 3.05) is 6.61 Å². The molecular formula is C22H29NO2. The van der Waals surface area contributed by atoms with Gasteiger partial charge < -0.3 is 10.1 Å². The van der Waals surface area contributed by atoms with Gasteiger partial charge in [0.05, 0.1) is 6.04 Å². The van der Waals surface area contributed by atoms with Crippen LogP contribution >= 0.6 is 0 Å². The molecule has 2 aromatic carbocycles. The Morgan fingerprint density at radius 2 is 1.64 bits per heavy atom. The van der Waals surface area contributed by atoms with E-state index in [1.54, 1.807) is 0 Å². The van der Waals surface area contributed by atoms with Crippen LogP contribution in [-0.2, 0) is 16.6 Å². The van der Waals surface area contributed by atoms with E-state index in [0.717, 1.165) is 17.7 Å². The molecule has 0 saturated carbocycles. The molecule has 0 aliphatic rings. The Labute approximate surface area is 151 Å². The Morgan fingerprint density at radius 3 is 2.16 bits per heavy atom. The molecule has 0 aliphatic heterocycles. The van der Waals surface area contributed by atoms with Crippen molar-refractivity contribution in [1.82, 2.24) is 5.32 Å². The van der Waals surface area contributed by atoms with Gasteiger partial charge in [-0.15, -0.1) is 0 Å². The summed E-state index contributed by atoms with van der Waals surface area (Å²) in [5.74, 6) is 0.599. The molecule has 0 radical (unpaired) electrons. The van der Waals surface area contributed by atoms with Gasteiger partial charge in [-0.3, -0.25) is 4.79 Å². The topological polar surface area (TPSA) is 38.3 Å². The second-order valence-electron chi connectivity index (χ2n) is 7.45. The summed E-state index contributed by atoms with van der Waals surface area (Å²) in [4.78, 5) is 12.1. The van der Waals surface area contributed by atoms with Crippen molar-refractivity contribution in [3.8, 4) is 5.75 Å². The van der Waals surface area contributed by atoms with Crippen molar-refractivity contribution in [2.24, 2.45) is 0 Å². The summed E-state index contributed by atoms with van der Waals surface area (Å²) in [5, 5.41) is 2.98. The largest absolute Gasteiger partial charge is 0.484 e. The summed E-state index contributed by atoms with van der Waals surface area (Å²) < 4.78 is 5.56. The smallest absolute Gasteiger partial charge is 0.258 e. The molecule has 3 nitrogen and oxygen atoms in total. The normalized spacial score (nSPS) is 12.5. The summed E-state index contributed by atoms with van der Waals surface area (Å²) in [6, 6.07) is 16.2. The first kappa shape index (κ1) is 19.0. The van der Waals surface area contributed by atoms with Gasteiger partial charge in [0.1, 0.15) is 5.75 Å². The SMILES string of the molecule is CCc1ccc(OCC(=O)N[C@@H](C)c2ccc(C(C)(C)C)cc2)cc1. The third-order valence-electron chi connectivity index (χ3n) is 4.36. The van der Waals surface area contributed by atoms with Crippen molar-refractivity contribution < 1.29 is 9.53 Å². The molecule has 1 N–H and O–H groups in total. The van der Waals surface area contributed by atoms with Crippen molar-refractivity contribution in [3.63, 3.8) is 0 Å². The Bertz CT molecular complexity index is 681. The third kappa shape index (κ3) is 5.63. The highest BCUT2D eigenvalue weighted by atomic mass is 16.5. The van der Waals surface area contributed by atoms with Gasteiger partial charge in [-0.05, 0) is 47.6 Å². The van der Waals surface area contributed by atoms with Crippen LogP contribution in [0.1, 0.15) is 57.4 Å². The number of hydrogen-bond donors (Lipinski definition) is 1. The Morgan fingerprint density at radius 1 is 1.04 bits per heavy atom. The molecule has 134 valence electrons. The molecule has 2 rings (SSSR count). The van der Waals surface area contributed by atoms with E-state index in [9.17, 15) is 4.79 Å². The monoisotopic (exact) mass is 339 g/mol. The summed E-state index contributed by atoms with van der Waals surface area (Å²) in [6.45, 7) is 10.7. The van der Waals surface area contributed by atoms with E-state index in [1.807, 2.05) is 31.2 Å². The fourth-order valence-electron chi connectivity index (χ4n) is 2.61. The molecule has 0 saturated heterocycles. The molecule has 3 heteroatoms. The Hall–Kier alpha value is -2.29. The van der Waals surface area contributed by atoms with E-state index in [4.69, 9.17) is 4.74 Å². The number of ether oxygens (including phenoxy) is 1. The molecule has 0 aromatic heterocycles. The van der Waals surface area contributed by atoms with Crippen LogP contribution in [0.25, 0.3) is 0 Å². The maximum absolute atomic E-state index is 12.1. The number of aryl methyl sites for hydroxylation is 1. The molecule has 1 atom stereocenters. The fraction of sp³-hybridized carbons (Fsp3) is 0.409. The van der Waals surface area contributed by atoms with Crippen molar-refractivity contribution >= 4 is 5.91 Å². The van der Waals surface area contributed by atoms with Crippen LogP contribution in [0.5, 0.6) is 5.75 Å². The van der Waals surface area contributed by atoms with Crippen LogP contribution in [-0.4, -0.2) is 12.5 Å². The van der Waals surface area contributed by atoms with Gasteiger partial charge in [-0.1, -0.05) is 64.1 Å². The molecular weight excluding hydrogens is 310 g/mol. The lowest BCUT2D eigenvalue weighted by Crippen LogP contribution is -2.31. The average Bonchev–Trinajstić information content (AvgIpc) is 2.59. The molecule has 0 fully saturated rings. The molecule has 0 unspecified atom stereocenters. The minimum Gasteiger partial charge on any atom is -0.484 e. The predicted octanol–water partition coefficient (Wildman–Crippen LogP) is 4.80.